The Balaban J connectivity index is 1.76. The van der Waals surface area contributed by atoms with Crippen molar-refractivity contribution in [3.63, 3.8) is 0 Å². The largest absolute Gasteiger partial charge is 0.372 e. The van der Waals surface area contributed by atoms with Crippen molar-refractivity contribution in [2.75, 3.05) is 22.7 Å². The Hall–Kier alpha value is -2.79. The fourth-order valence-electron chi connectivity index (χ4n) is 3.00. The number of anilines is 2. The summed E-state index contributed by atoms with van der Waals surface area (Å²) in [6.45, 7) is 6.02. The zero-order valence-corrected chi connectivity index (χ0v) is 16.4. The molecule has 0 saturated carbocycles. The summed E-state index contributed by atoms with van der Waals surface area (Å²) >= 11 is 0. The fourth-order valence-corrected chi connectivity index (χ4v) is 4.06. The molecular formula is C22H24N2O2S. The van der Waals surface area contributed by atoms with Crippen LogP contribution in [-0.4, -0.2) is 21.5 Å². The minimum Gasteiger partial charge on any atom is -0.372 e. The maximum absolute atomic E-state index is 12.7. The lowest BCUT2D eigenvalue weighted by Crippen LogP contribution is -2.21. The molecule has 0 spiro atoms. The van der Waals surface area contributed by atoms with E-state index in [2.05, 4.69) is 23.5 Å². The average Bonchev–Trinajstić information content (AvgIpc) is 2.71. The summed E-state index contributed by atoms with van der Waals surface area (Å²) in [7, 11) is -3.62. The minimum absolute atomic E-state index is 0.245. The monoisotopic (exact) mass is 380 g/mol. The van der Waals surface area contributed by atoms with Crippen molar-refractivity contribution in [1.29, 1.82) is 0 Å². The average molecular weight is 381 g/mol. The van der Waals surface area contributed by atoms with Crippen LogP contribution in [0.25, 0.3) is 11.1 Å². The molecule has 3 aromatic rings. The van der Waals surface area contributed by atoms with Crippen molar-refractivity contribution in [2.24, 2.45) is 0 Å². The van der Waals surface area contributed by atoms with Crippen molar-refractivity contribution < 1.29 is 8.42 Å². The molecule has 1 N–H and O–H groups in total. The van der Waals surface area contributed by atoms with Crippen LogP contribution in [0.4, 0.5) is 11.4 Å². The molecule has 3 aromatic carbocycles. The second-order valence-corrected chi connectivity index (χ2v) is 7.90. The zero-order chi connectivity index (χ0) is 19.3. The van der Waals surface area contributed by atoms with E-state index in [-0.39, 0.29) is 4.90 Å². The van der Waals surface area contributed by atoms with Crippen LogP contribution < -0.4 is 9.62 Å². The standard InChI is InChI=1S/C22H24N2O2S/c1-3-24(4-2)21-14-12-20(13-15-21)23-27(25,26)22-16-10-19(11-17-22)18-8-6-5-7-9-18/h5-17,23H,3-4H2,1-2H3. The van der Waals surface area contributed by atoms with Gasteiger partial charge >= 0.3 is 0 Å². The Morgan fingerprint density at radius 3 is 1.85 bits per heavy atom. The number of sulfonamides is 1. The van der Waals surface area contributed by atoms with Crippen molar-refractivity contribution >= 4 is 21.4 Å². The molecule has 0 unspecified atom stereocenters. The summed E-state index contributed by atoms with van der Waals surface area (Å²) in [5, 5.41) is 0. The number of hydrogen-bond acceptors (Lipinski definition) is 3. The van der Waals surface area contributed by atoms with Crippen LogP contribution in [0.3, 0.4) is 0 Å². The first kappa shape index (κ1) is 19.0. The van der Waals surface area contributed by atoms with Gasteiger partial charge in [0, 0.05) is 24.5 Å². The Kier molecular flexibility index (Phi) is 5.81. The molecule has 0 fully saturated rings. The summed E-state index contributed by atoms with van der Waals surface area (Å²) in [4.78, 5) is 2.45. The van der Waals surface area contributed by atoms with Gasteiger partial charge in [0.05, 0.1) is 4.90 Å². The first-order valence-corrected chi connectivity index (χ1v) is 10.5. The molecule has 27 heavy (non-hydrogen) atoms. The molecule has 0 saturated heterocycles. The highest BCUT2D eigenvalue weighted by Gasteiger charge is 2.14. The highest BCUT2D eigenvalue weighted by Crippen LogP contribution is 2.23. The van der Waals surface area contributed by atoms with E-state index in [0.29, 0.717) is 5.69 Å². The summed E-state index contributed by atoms with van der Waals surface area (Å²) in [6.07, 6.45) is 0. The maximum Gasteiger partial charge on any atom is 0.261 e. The highest BCUT2D eigenvalue weighted by molar-refractivity contribution is 7.92. The molecule has 4 nitrogen and oxygen atoms in total. The molecule has 0 bridgehead atoms. The number of rotatable bonds is 7. The molecule has 140 valence electrons. The lowest BCUT2D eigenvalue weighted by atomic mass is 10.1. The minimum atomic E-state index is -3.62. The first-order valence-electron chi connectivity index (χ1n) is 9.07. The molecule has 0 aliphatic rings. The van der Waals surface area contributed by atoms with E-state index in [0.717, 1.165) is 29.9 Å². The Morgan fingerprint density at radius 1 is 0.741 bits per heavy atom. The predicted octanol–water partition coefficient (Wildman–Crippen LogP) is 5.00. The second kappa shape index (κ2) is 8.27. The van der Waals surface area contributed by atoms with Gasteiger partial charge in [0.15, 0.2) is 0 Å². The van der Waals surface area contributed by atoms with E-state index < -0.39 is 10.0 Å². The van der Waals surface area contributed by atoms with Crippen molar-refractivity contribution in [3.05, 3.63) is 78.9 Å². The van der Waals surface area contributed by atoms with Gasteiger partial charge in [-0.1, -0.05) is 42.5 Å². The van der Waals surface area contributed by atoms with Crippen LogP contribution in [0.5, 0.6) is 0 Å². The Morgan fingerprint density at radius 2 is 1.30 bits per heavy atom. The third-order valence-electron chi connectivity index (χ3n) is 4.52. The lowest BCUT2D eigenvalue weighted by molar-refractivity contribution is 0.601. The molecular weight excluding hydrogens is 356 g/mol. The van der Waals surface area contributed by atoms with Crippen LogP contribution in [-0.2, 0) is 10.0 Å². The van der Waals surface area contributed by atoms with E-state index in [9.17, 15) is 8.42 Å². The number of hydrogen-bond donors (Lipinski definition) is 1. The SMILES string of the molecule is CCN(CC)c1ccc(NS(=O)(=O)c2ccc(-c3ccccc3)cc2)cc1. The molecule has 0 atom stereocenters. The quantitative estimate of drug-likeness (QED) is 0.627. The van der Waals surface area contributed by atoms with Crippen LogP contribution in [0.1, 0.15) is 13.8 Å². The number of nitrogens with zero attached hydrogens (tertiary/aromatic N) is 1. The number of nitrogens with one attached hydrogen (secondary N) is 1. The van der Waals surface area contributed by atoms with Crippen molar-refractivity contribution in [2.45, 2.75) is 18.7 Å². The summed E-state index contributed by atoms with van der Waals surface area (Å²) in [5.74, 6) is 0. The van der Waals surface area contributed by atoms with E-state index in [4.69, 9.17) is 0 Å². The van der Waals surface area contributed by atoms with E-state index >= 15 is 0 Å². The van der Waals surface area contributed by atoms with Crippen LogP contribution in [0.2, 0.25) is 0 Å². The van der Waals surface area contributed by atoms with E-state index in [1.54, 1.807) is 24.3 Å². The molecule has 0 radical (unpaired) electrons. The molecule has 0 aromatic heterocycles. The first-order chi connectivity index (χ1) is 13.0. The maximum atomic E-state index is 12.7. The molecule has 0 amide bonds. The van der Waals surface area contributed by atoms with Crippen LogP contribution >= 0.6 is 0 Å². The van der Waals surface area contributed by atoms with Gasteiger partial charge in [-0.3, -0.25) is 4.72 Å². The fraction of sp³-hybridized carbons (Fsp3) is 0.182. The van der Waals surface area contributed by atoms with Crippen LogP contribution in [0.15, 0.2) is 83.8 Å². The van der Waals surface area contributed by atoms with E-state index in [1.165, 1.54) is 0 Å². The summed E-state index contributed by atoms with van der Waals surface area (Å²) in [5.41, 5.74) is 3.67. The van der Waals surface area contributed by atoms with Crippen molar-refractivity contribution in [3.8, 4) is 11.1 Å². The zero-order valence-electron chi connectivity index (χ0n) is 15.6. The molecule has 3 rings (SSSR count). The van der Waals surface area contributed by atoms with Gasteiger partial charge in [0.25, 0.3) is 10.0 Å². The lowest BCUT2D eigenvalue weighted by Gasteiger charge is -2.21. The predicted molar refractivity (Wildman–Crippen MR) is 113 cm³/mol. The smallest absolute Gasteiger partial charge is 0.261 e. The third-order valence-corrected chi connectivity index (χ3v) is 5.92. The summed E-state index contributed by atoms with van der Waals surface area (Å²) in [6, 6.07) is 24.3. The highest BCUT2D eigenvalue weighted by atomic mass is 32.2. The van der Waals surface area contributed by atoms with Crippen LogP contribution in [0, 0.1) is 0 Å². The van der Waals surface area contributed by atoms with Gasteiger partial charge in [-0.2, -0.15) is 0 Å². The number of benzene rings is 3. The Bertz CT molecular complexity index is 963. The van der Waals surface area contributed by atoms with Gasteiger partial charge in [-0.05, 0) is 61.4 Å². The molecule has 0 aliphatic heterocycles. The molecule has 0 heterocycles. The van der Waals surface area contributed by atoms with Gasteiger partial charge in [-0.25, -0.2) is 8.42 Å². The van der Waals surface area contributed by atoms with Gasteiger partial charge < -0.3 is 4.90 Å². The summed E-state index contributed by atoms with van der Waals surface area (Å²) < 4.78 is 28.0. The third kappa shape index (κ3) is 4.49. The Labute approximate surface area is 161 Å². The van der Waals surface area contributed by atoms with Gasteiger partial charge in [0.1, 0.15) is 0 Å². The van der Waals surface area contributed by atoms with Gasteiger partial charge in [0.2, 0.25) is 0 Å². The second-order valence-electron chi connectivity index (χ2n) is 6.22. The normalized spacial score (nSPS) is 11.2. The van der Waals surface area contributed by atoms with E-state index in [1.807, 2.05) is 54.6 Å². The van der Waals surface area contributed by atoms with Crippen molar-refractivity contribution in [1.82, 2.24) is 0 Å². The van der Waals surface area contributed by atoms with Gasteiger partial charge in [-0.15, -0.1) is 0 Å². The topological polar surface area (TPSA) is 49.4 Å². The molecule has 5 heteroatoms. The molecule has 0 aliphatic carbocycles.